The predicted molar refractivity (Wildman–Crippen MR) is 210 cm³/mol. The van der Waals surface area contributed by atoms with Gasteiger partial charge in [-0.3, -0.25) is 19.7 Å². The summed E-state index contributed by atoms with van der Waals surface area (Å²) in [5.41, 5.74) is 8.02. The number of benzene rings is 3. The summed E-state index contributed by atoms with van der Waals surface area (Å²) >= 11 is 0. The summed E-state index contributed by atoms with van der Waals surface area (Å²) in [6.45, 7) is 6.77. The molecule has 10 nitrogen and oxygen atoms in total. The van der Waals surface area contributed by atoms with Crippen LogP contribution < -0.4 is 26.2 Å². The number of aromatic nitrogens is 1. The molecule has 0 bridgehead atoms. The number of phenols is 1. The molecule has 0 aliphatic carbocycles. The molecule has 3 heterocycles. The molecule has 0 spiro atoms. The lowest BCUT2D eigenvalue weighted by atomic mass is 9.88. The first kappa shape index (κ1) is 37.3. The van der Waals surface area contributed by atoms with E-state index in [0.29, 0.717) is 24.7 Å². The Morgan fingerprint density at radius 1 is 0.868 bits per heavy atom. The Morgan fingerprint density at radius 2 is 1.58 bits per heavy atom. The van der Waals surface area contributed by atoms with Crippen molar-refractivity contribution < 1.29 is 19.5 Å². The fraction of sp³-hybridized carbons (Fsp3) is 0.349. The van der Waals surface area contributed by atoms with Gasteiger partial charge >= 0.3 is 0 Å². The smallest absolute Gasteiger partial charge is 0.249 e. The fourth-order valence-electron chi connectivity index (χ4n) is 7.28. The van der Waals surface area contributed by atoms with E-state index in [2.05, 4.69) is 86.6 Å². The number of hydrogen-bond donors (Lipinski definition) is 5. The van der Waals surface area contributed by atoms with Gasteiger partial charge in [0.25, 0.3) is 0 Å². The minimum absolute atomic E-state index is 0.130. The lowest BCUT2D eigenvalue weighted by molar-refractivity contribution is -0.137. The van der Waals surface area contributed by atoms with Gasteiger partial charge in [0.05, 0.1) is 6.42 Å². The van der Waals surface area contributed by atoms with Crippen LogP contribution in [-0.4, -0.2) is 66.6 Å². The molecule has 4 aromatic rings. The van der Waals surface area contributed by atoms with E-state index in [1.165, 1.54) is 40.8 Å². The first-order chi connectivity index (χ1) is 25.9. The Balaban J connectivity index is 0.926. The first-order valence-corrected chi connectivity index (χ1v) is 18.8. The molecule has 276 valence electrons. The van der Waals surface area contributed by atoms with Crippen LogP contribution in [0.4, 0.5) is 11.5 Å². The van der Waals surface area contributed by atoms with Crippen molar-refractivity contribution in [3.8, 4) is 5.75 Å². The normalized spacial score (nSPS) is 16.8. The van der Waals surface area contributed by atoms with Gasteiger partial charge in [-0.1, -0.05) is 61.5 Å². The van der Waals surface area contributed by atoms with E-state index < -0.39 is 11.9 Å². The van der Waals surface area contributed by atoms with E-state index in [9.17, 15) is 19.5 Å². The number of carbonyl (C=O) groups excluding carboxylic acids is 3. The Hall–Kier alpha value is -5.48. The summed E-state index contributed by atoms with van der Waals surface area (Å²) in [5, 5.41) is 21.8. The molecule has 53 heavy (non-hydrogen) atoms. The Kier molecular flexibility index (Phi) is 12.9. The van der Waals surface area contributed by atoms with Crippen molar-refractivity contribution >= 4 is 40.4 Å². The number of allylic oxidation sites excluding steroid dienone is 1. The third-order valence-electron chi connectivity index (χ3n) is 10.2. The molecule has 3 aromatic carbocycles. The average Bonchev–Trinajstić information content (AvgIpc) is 3.18. The van der Waals surface area contributed by atoms with Crippen LogP contribution >= 0.6 is 0 Å². The molecule has 10 heteroatoms. The molecule has 2 saturated heterocycles. The van der Waals surface area contributed by atoms with Crippen LogP contribution in [0.15, 0.2) is 97.2 Å². The lowest BCUT2D eigenvalue weighted by Gasteiger charge is -2.34. The molecular formula is C43H50N6O4. The van der Waals surface area contributed by atoms with Crippen molar-refractivity contribution in [2.75, 3.05) is 42.9 Å². The Labute approximate surface area is 312 Å². The van der Waals surface area contributed by atoms with E-state index in [0.717, 1.165) is 50.1 Å². The van der Waals surface area contributed by atoms with Crippen molar-refractivity contribution in [2.45, 2.75) is 57.9 Å². The van der Waals surface area contributed by atoms with Crippen molar-refractivity contribution in [1.82, 2.24) is 20.9 Å². The number of rotatable bonds is 15. The summed E-state index contributed by atoms with van der Waals surface area (Å²) in [5.74, 6) is 0.641. The summed E-state index contributed by atoms with van der Waals surface area (Å²) in [6.07, 6.45) is 6.72. The topological polar surface area (TPSA) is 136 Å². The van der Waals surface area contributed by atoms with Crippen molar-refractivity contribution in [1.29, 1.82) is 0 Å². The van der Waals surface area contributed by atoms with Crippen molar-refractivity contribution in [2.24, 2.45) is 5.92 Å². The predicted octanol–water partition coefficient (Wildman–Crippen LogP) is 5.93. The molecule has 1 unspecified atom stereocenters. The van der Waals surface area contributed by atoms with Crippen LogP contribution in [0.5, 0.6) is 5.75 Å². The molecule has 1 aromatic heterocycles. The van der Waals surface area contributed by atoms with E-state index >= 15 is 0 Å². The number of aromatic hydroxyl groups is 1. The van der Waals surface area contributed by atoms with Gasteiger partial charge in [-0.25, -0.2) is 4.98 Å². The van der Waals surface area contributed by atoms with Gasteiger partial charge in [0, 0.05) is 44.5 Å². The SMILES string of the molecule is CC/C(=C(\c1ccc(O)cc1)c1ccc(N2CCC(CCNCCNc3cc(CC(=O)NC4CCC(=O)NC4=O)ccn3)CC2)cc1)c1ccccc1. The van der Waals surface area contributed by atoms with Crippen molar-refractivity contribution in [3.63, 3.8) is 0 Å². The zero-order valence-electron chi connectivity index (χ0n) is 30.4. The van der Waals surface area contributed by atoms with Crippen LogP contribution in [0, 0.1) is 5.92 Å². The summed E-state index contributed by atoms with van der Waals surface area (Å²) in [7, 11) is 0. The zero-order valence-corrected chi connectivity index (χ0v) is 30.4. The third kappa shape index (κ3) is 10.3. The molecule has 6 rings (SSSR count). The minimum Gasteiger partial charge on any atom is -0.508 e. The Bertz CT molecular complexity index is 1870. The molecule has 1 atom stereocenters. The summed E-state index contributed by atoms with van der Waals surface area (Å²) < 4.78 is 0. The number of nitrogens with zero attached hydrogens (tertiary/aromatic N) is 2. The van der Waals surface area contributed by atoms with Gasteiger partial charge < -0.3 is 26.0 Å². The molecule has 3 amide bonds. The van der Waals surface area contributed by atoms with Crippen LogP contribution in [-0.2, 0) is 20.8 Å². The second-order valence-corrected chi connectivity index (χ2v) is 13.9. The maximum absolute atomic E-state index is 12.5. The largest absolute Gasteiger partial charge is 0.508 e. The number of carbonyl (C=O) groups is 3. The lowest BCUT2D eigenvalue weighted by Crippen LogP contribution is -2.52. The third-order valence-corrected chi connectivity index (χ3v) is 10.2. The number of nitrogens with one attached hydrogen (secondary N) is 4. The maximum atomic E-state index is 12.5. The summed E-state index contributed by atoms with van der Waals surface area (Å²) in [6, 6.07) is 30.0. The highest BCUT2D eigenvalue weighted by Crippen LogP contribution is 2.36. The quantitative estimate of drug-likeness (QED) is 0.0582. The maximum Gasteiger partial charge on any atom is 0.249 e. The van der Waals surface area contributed by atoms with E-state index in [4.69, 9.17) is 0 Å². The average molecular weight is 715 g/mol. The number of phenolic OH excluding ortho intramolecular Hbond substituents is 1. The van der Waals surface area contributed by atoms with Gasteiger partial charge in [-0.15, -0.1) is 0 Å². The van der Waals surface area contributed by atoms with Crippen LogP contribution in [0.3, 0.4) is 0 Å². The fourth-order valence-corrected chi connectivity index (χ4v) is 7.28. The van der Waals surface area contributed by atoms with Gasteiger partial charge in [0.15, 0.2) is 0 Å². The standard InChI is InChI=1S/C43H50N6O4/c1-2-37(32-6-4-3-5-7-32)42(34-10-14-36(50)15-11-34)33-8-12-35(13-9-33)49-26-20-30(21-27-49)18-22-44-24-25-46-39-28-31(19-23-45-39)29-41(52)47-38-16-17-40(51)48-43(38)53/h3-15,19,23,28,30,38,44,50H,2,16-18,20-22,24-27,29H2,1H3,(H,45,46)(H,47,52)(H,48,51,53)/b42-37+. The molecular weight excluding hydrogens is 665 g/mol. The van der Waals surface area contributed by atoms with Crippen LogP contribution in [0.2, 0.25) is 0 Å². The van der Waals surface area contributed by atoms with Crippen LogP contribution in [0.1, 0.15) is 67.7 Å². The molecule has 0 saturated carbocycles. The molecule has 2 aliphatic rings. The zero-order chi connectivity index (χ0) is 37.0. The number of anilines is 2. The summed E-state index contributed by atoms with van der Waals surface area (Å²) in [4.78, 5) is 42.7. The van der Waals surface area contributed by atoms with Crippen molar-refractivity contribution in [3.05, 3.63) is 119 Å². The van der Waals surface area contributed by atoms with Gasteiger partial charge in [0.2, 0.25) is 17.7 Å². The molecule has 2 fully saturated rings. The highest BCUT2D eigenvalue weighted by atomic mass is 16.3. The second kappa shape index (κ2) is 18.3. The van der Waals surface area contributed by atoms with Gasteiger partial charge in [0.1, 0.15) is 17.6 Å². The highest BCUT2D eigenvalue weighted by molar-refractivity contribution is 6.02. The highest BCUT2D eigenvalue weighted by Gasteiger charge is 2.27. The molecule has 5 N–H and O–H groups in total. The number of imide groups is 1. The van der Waals surface area contributed by atoms with Gasteiger partial charge in [-0.05, 0) is 114 Å². The first-order valence-electron chi connectivity index (χ1n) is 18.8. The minimum atomic E-state index is -0.675. The van der Waals surface area contributed by atoms with Crippen LogP contribution in [0.25, 0.3) is 11.1 Å². The van der Waals surface area contributed by atoms with E-state index in [1.807, 2.05) is 24.3 Å². The van der Waals surface area contributed by atoms with E-state index in [1.54, 1.807) is 24.4 Å². The van der Waals surface area contributed by atoms with E-state index in [-0.39, 0.29) is 30.4 Å². The number of piperidine rings is 2. The second-order valence-electron chi connectivity index (χ2n) is 13.9. The number of pyridine rings is 1. The number of amides is 3. The Morgan fingerprint density at radius 3 is 2.28 bits per heavy atom. The molecule has 0 radical (unpaired) electrons. The van der Waals surface area contributed by atoms with Gasteiger partial charge in [-0.2, -0.15) is 0 Å². The monoisotopic (exact) mass is 714 g/mol. The number of hydrogen-bond acceptors (Lipinski definition) is 8. The molecule has 2 aliphatic heterocycles.